The molecule has 0 heterocycles. The zero-order valence-electron chi connectivity index (χ0n) is 6.16. The van der Waals surface area contributed by atoms with Crippen molar-refractivity contribution in [2.45, 2.75) is 17.7 Å². The molecule has 0 radical (unpaired) electrons. The fourth-order valence-corrected chi connectivity index (χ4v) is 0.537. The molecule has 2 nitrogen and oxygen atoms in total. The predicted octanol–water partition coefficient (Wildman–Crippen LogP) is 1.32. The third-order valence-corrected chi connectivity index (χ3v) is 1.30. The summed E-state index contributed by atoms with van der Waals surface area (Å²) < 4.78 is -1.37. The minimum absolute atomic E-state index is 0.407. The third-order valence-electron chi connectivity index (χ3n) is 0.954. The molecule has 0 atom stereocenters. The van der Waals surface area contributed by atoms with Crippen LogP contribution in [0.3, 0.4) is 0 Å². The van der Waals surface area contributed by atoms with Crippen molar-refractivity contribution in [3.8, 4) is 12.3 Å². The Balaban J connectivity index is 3.64. The van der Waals surface area contributed by atoms with E-state index in [1.165, 1.54) is 6.92 Å². The maximum atomic E-state index is 10.9. The van der Waals surface area contributed by atoms with Crippen LogP contribution in [0.15, 0.2) is 0 Å². The monoisotopic (exact) mass is 193 g/mol. The lowest BCUT2D eigenvalue weighted by molar-refractivity contribution is -0.121. The second kappa shape index (κ2) is 4.48. The van der Waals surface area contributed by atoms with Crippen molar-refractivity contribution >= 4 is 29.1 Å². The van der Waals surface area contributed by atoms with Gasteiger partial charge < -0.3 is 5.32 Å². The Morgan fingerprint density at radius 2 is 2.27 bits per heavy atom. The number of amides is 1. The maximum Gasteiger partial charge on any atom is 0.256 e. The molecule has 0 aromatic rings. The van der Waals surface area contributed by atoms with E-state index in [0.717, 1.165) is 0 Å². The average Bonchev–Trinajstić information content (AvgIpc) is 1.86. The Hall–Kier alpha value is -0.390. The Bertz CT molecular complexity index is 178. The zero-order valence-corrected chi connectivity index (χ0v) is 7.67. The first-order valence-corrected chi connectivity index (χ1v) is 3.83. The van der Waals surface area contributed by atoms with Gasteiger partial charge in [-0.25, -0.2) is 0 Å². The first kappa shape index (κ1) is 10.6. The molecule has 1 N–H and O–H groups in total. The highest BCUT2D eigenvalue weighted by atomic mass is 35.5. The van der Waals surface area contributed by atoms with E-state index in [0.29, 0.717) is 13.0 Å². The smallest absolute Gasteiger partial charge is 0.256 e. The van der Waals surface area contributed by atoms with Crippen LogP contribution >= 0.6 is 23.2 Å². The van der Waals surface area contributed by atoms with Gasteiger partial charge in [-0.05, 0) is 6.92 Å². The zero-order chi connectivity index (χ0) is 8.91. The second-order valence-corrected chi connectivity index (χ2v) is 3.80. The molecule has 0 bridgehead atoms. The lowest BCUT2D eigenvalue weighted by Crippen LogP contribution is -2.36. The van der Waals surface area contributed by atoms with Crippen molar-refractivity contribution in [3.63, 3.8) is 0 Å². The van der Waals surface area contributed by atoms with Crippen molar-refractivity contribution < 1.29 is 4.79 Å². The normalized spacial score (nSPS) is 10.4. The van der Waals surface area contributed by atoms with Crippen molar-refractivity contribution in [3.05, 3.63) is 0 Å². The number of alkyl halides is 2. The average molecular weight is 194 g/mol. The fourth-order valence-electron chi connectivity index (χ4n) is 0.403. The number of halogens is 2. The molecular weight excluding hydrogens is 185 g/mol. The summed E-state index contributed by atoms with van der Waals surface area (Å²) in [6.45, 7) is 1.81. The van der Waals surface area contributed by atoms with Gasteiger partial charge in [0.05, 0.1) is 0 Å². The minimum Gasteiger partial charge on any atom is -0.353 e. The molecule has 0 aliphatic rings. The number of carbonyl (C=O) groups excluding carboxylic acids is 1. The van der Waals surface area contributed by atoms with Crippen molar-refractivity contribution in [1.29, 1.82) is 0 Å². The molecule has 0 aromatic carbocycles. The molecule has 0 aromatic heterocycles. The van der Waals surface area contributed by atoms with Crippen LogP contribution in [-0.2, 0) is 4.79 Å². The van der Waals surface area contributed by atoms with Crippen molar-refractivity contribution in [2.24, 2.45) is 0 Å². The van der Waals surface area contributed by atoms with E-state index in [4.69, 9.17) is 29.6 Å². The molecule has 1 amide bonds. The van der Waals surface area contributed by atoms with E-state index in [-0.39, 0.29) is 0 Å². The number of hydrogen-bond donors (Lipinski definition) is 1. The number of hydrogen-bond acceptors (Lipinski definition) is 1. The standard InChI is InChI=1S/C7H9Cl2NO/c1-3-4-5-10-6(11)7(2,8)9/h1H,4-5H2,2H3,(H,10,11). The molecule has 0 spiro atoms. The fraction of sp³-hybridized carbons (Fsp3) is 0.571. The van der Waals surface area contributed by atoms with Crippen LogP contribution in [0.4, 0.5) is 0 Å². The molecular formula is C7H9Cl2NO. The highest BCUT2D eigenvalue weighted by Gasteiger charge is 2.26. The molecule has 0 aliphatic carbocycles. The van der Waals surface area contributed by atoms with Gasteiger partial charge in [0.25, 0.3) is 5.91 Å². The van der Waals surface area contributed by atoms with Crippen LogP contribution in [0.2, 0.25) is 0 Å². The summed E-state index contributed by atoms with van der Waals surface area (Å²) in [7, 11) is 0. The lowest BCUT2D eigenvalue weighted by atomic mass is 10.4. The SMILES string of the molecule is C#CCCNC(=O)C(C)(Cl)Cl. The van der Waals surface area contributed by atoms with Crippen molar-refractivity contribution in [1.82, 2.24) is 5.32 Å². The van der Waals surface area contributed by atoms with Crippen LogP contribution in [0.1, 0.15) is 13.3 Å². The maximum absolute atomic E-state index is 10.9. The number of rotatable bonds is 3. The van der Waals surface area contributed by atoms with E-state index in [9.17, 15) is 4.79 Å². The first-order valence-electron chi connectivity index (χ1n) is 3.08. The second-order valence-electron chi connectivity index (χ2n) is 2.10. The summed E-state index contributed by atoms with van der Waals surface area (Å²) in [5.41, 5.74) is 0. The Morgan fingerprint density at radius 1 is 1.73 bits per heavy atom. The summed E-state index contributed by atoms with van der Waals surface area (Å²) in [6.07, 6.45) is 5.44. The van der Waals surface area contributed by atoms with Crippen LogP contribution in [0.25, 0.3) is 0 Å². The predicted molar refractivity (Wildman–Crippen MR) is 46.6 cm³/mol. The molecule has 0 unspecified atom stereocenters. The number of carbonyl (C=O) groups is 1. The van der Waals surface area contributed by atoms with Crippen LogP contribution < -0.4 is 5.32 Å². The lowest BCUT2D eigenvalue weighted by Gasteiger charge is -2.11. The molecule has 4 heteroatoms. The summed E-state index contributed by atoms with van der Waals surface area (Å²) in [6, 6.07) is 0. The Morgan fingerprint density at radius 3 is 2.64 bits per heavy atom. The van der Waals surface area contributed by atoms with E-state index in [2.05, 4.69) is 11.2 Å². The Kier molecular flexibility index (Phi) is 4.32. The summed E-state index contributed by atoms with van der Waals surface area (Å²) >= 11 is 10.9. The number of nitrogens with one attached hydrogen (secondary N) is 1. The minimum atomic E-state index is -1.37. The van der Waals surface area contributed by atoms with Gasteiger partial charge in [0.1, 0.15) is 0 Å². The van der Waals surface area contributed by atoms with E-state index in [1.807, 2.05) is 0 Å². The highest BCUT2D eigenvalue weighted by Crippen LogP contribution is 2.18. The van der Waals surface area contributed by atoms with Gasteiger partial charge in [-0.2, -0.15) is 0 Å². The summed E-state index contributed by atoms with van der Waals surface area (Å²) in [4.78, 5) is 10.9. The molecule has 0 saturated heterocycles. The summed E-state index contributed by atoms with van der Waals surface area (Å²) in [5.74, 6) is 1.95. The van der Waals surface area contributed by atoms with Gasteiger partial charge in [-0.3, -0.25) is 4.79 Å². The number of terminal acetylenes is 1. The largest absolute Gasteiger partial charge is 0.353 e. The van der Waals surface area contributed by atoms with E-state index < -0.39 is 10.2 Å². The van der Waals surface area contributed by atoms with Gasteiger partial charge in [-0.15, -0.1) is 12.3 Å². The van der Waals surface area contributed by atoms with Gasteiger partial charge in [0, 0.05) is 13.0 Å². The molecule has 0 fully saturated rings. The first-order chi connectivity index (χ1) is 4.98. The van der Waals surface area contributed by atoms with Gasteiger partial charge in [0.2, 0.25) is 0 Å². The molecule has 0 saturated carbocycles. The van der Waals surface area contributed by atoms with Crippen LogP contribution in [0.5, 0.6) is 0 Å². The van der Waals surface area contributed by atoms with E-state index >= 15 is 0 Å². The highest BCUT2D eigenvalue weighted by molar-refractivity contribution is 6.57. The van der Waals surface area contributed by atoms with Gasteiger partial charge in [-0.1, -0.05) is 23.2 Å². The van der Waals surface area contributed by atoms with Gasteiger partial charge in [0.15, 0.2) is 4.33 Å². The summed E-state index contributed by atoms with van der Waals surface area (Å²) in [5, 5.41) is 2.48. The Labute approximate surface area is 76.2 Å². The molecule has 62 valence electrons. The molecule has 0 rings (SSSR count). The molecule has 11 heavy (non-hydrogen) atoms. The van der Waals surface area contributed by atoms with Gasteiger partial charge >= 0.3 is 0 Å². The third kappa shape index (κ3) is 4.94. The topological polar surface area (TPSA) is 29.1 Å². The van der Waals surface area contributed by atoms with Crippen molar-refractivity contribution in [2.75, 3.05) is 6.54 Å². The quantitative estimate of drug-likeness (QED) is 0.409. The van der Waals surface area contributed by atoms with E-state index in [1.54, 1.807) is 0 Å². The van der Waals surface area contributed by atoms with Crippen LogP contribution in [-0.4, -0.2) is 16.8 Å². The molecule has 0 aliphatic heterocycles. The van der Waals surface area contributed by atoms with Crippen LogP contribution in [0, 0.1) is 12.3 Å².